The number of nitrogens with one attached hydrogen (secondary N) is 1. The zero-order valence-electron chi connectivity index (χ0n) is 13.0. The minimum absolute atomic E-state index is 0.0680. The molecule has 0 saturated carbocycles. The number of rotatable bonds is 7. The lowest BCUT2D eigenvalue weighted by molar-refractivity contribution is 0.401. The van der Waals surface area contributed by atoms with Gasteiger partial charge in [-0.3, -0.25) is 0 Å². The van der Waals surface area contributed by atoms with E-state index in [1.54, 1.807) is 0 Å². The average molecular weight is 265 g/mol. The third kappa shape index (κ3) is 4.61. The minimum atomic E-state index is -0.0680. The maximum atomic E-state index is 13.7. The first kappa shape index (κ1) is 16.2. The quantitative estimate of drug-likeness (QED) is 0.738. The molecule has 1 aromatic rings. The summed E-state index contributed by atoms with van der Waals surface area (Å²) in [6.45, 7) is 11.4. The SMILES string of the molecule is CCCNC(CC(C)CC)c1cc(C)c(F)c(C)c1. The van der Waals surface area contributed by atoms with Crippen molar-refractivity contribution in [3.05, 3.63) is 34.6 Å². The van der Waals surface area contributed by atoms with Gasteiger partial charge in [0.15, 0.2) is 0 Å². The van der Waals surface area contributed by atoms with Gasteiger partial charge in [-0.25, -0.2) is 4.39 Å². The van der Waals surface area contributed by atoms with Crippen LogP contribution in [0.4, 0.5) is 4.39 Å². The number of benzene rings is 1. The lowest BCUT2D eigenvalue weighted by Gasteiger charge is -2.23. The van der Waals surface area contributed by atoms with Crippen molar-refractivity contribution in [1.82, 2.24) is 5.32 Å². The Balaban J connectivity index is 2.95. The van der Waals surface area contributed by atoms with E-state index in [-0.39, 0.29) is 5.82 Å². The first-order valence-electron chi connectivity index (χ1n) is 7.49. The summed E-state index contributed by atoms with van der Waals surface area (Å²) in [5.41, 5.74) is 2.73. The normalized spacial score (nSPS) is 14.4. The number of hydrogen-bond donors (Lipinski definition) is 1. The van der Waals surface area contributed by atoms with Crippen LogP contribution < -0.4 is 5.32 Å². The van der Waals surface area contributed by atoms with Crippen LogP contribution in [0.1, 0.15) is 62.8 Å². The summed E-state index contributed by atoms with van der Waals surface area (Å²) in [7, 11) is 0. The predicted octanol–water partition coefficient (Wildman–Crippen LogP) is 4.92. The van der Waals surface area contributed by atoms with Crippen molar-refractivity contribution in [2.45, 2.75) is 59.9 Å². The molecule has 0 aliphatic heterocycles. The Morgan fingerprint density at radius 2 is 1.74 bits per heavy atom. The molecule has 2 atom stereocenters. The second kappa shape index (κ2) is 7.64. The van der Waals surface area contributed by atoms with Gasteiger partial charge in [0.2, 0.25) is 0 Å². The van der Waals surface area contributed by atoms with Crippen molar-refractivity contribution >= 4 is 0 Å². The molecule has 0 aliphatic rings. The van der Waals surface area contributed by atoms with Gasteiger partial charge in [0.1, 0.15) is 5.82 Å². The van der Waals surface area contributed by atoms with Gasteiger partial charge in [0.25, 0.3) is 0 Å². The molecule has 1 nitrogen and oxygen atoms in total. The first-order valence-corrected chi connectivity index (χ1v) is 7.49. The Kier molecular flexibility index (Phi) is 6.50. The lowest BCUT2D eigenvalue weighted by Crippen LogP contribution is -2.24. The van der Waals surface area contributed by atoms with E-state index < -0.39 is 0 Å². The predicted molar refractivity (Wildman–Crippen MR) is 81.0 cm³/mol. The molecule has 0 aliphatic carbocycles. The van der Waals surface area contributed by atoms with Gasteiger partial charge in [-0.05, 0) is 55.8 Å². The van der Waals surface area contributed by atoms with E-state index in [2.05, 4.69) is 26.1 Å². The van der Waals surface area contributed by atoms with Gasteiger partial charge in [-0.1, -0.05) is 39.3 Å². The van der Waals surface area contributed by atoms with E-state index in [4.69, 9.17) is 0 Å². The molecule has 0 heterocycles. The van der Waals surface area contributed by atoms with Crippen molar-refractivity contribution in [2.75, 3.05) is 6.54 Å². The smallest absolute Gasteiger partial charge is 0.129 e. The fourth-order valence-electron chi connectivity index (χ4n) is 2.41. The number of aryl methyl sites for hydroxylation is 2. The third-order valence-corrected chi connectivity index (χ3v) is 3.84. The molecular formula is C17H28FN. The van der Waals surface area contributed by atoms with Crippen LogP contribution in [0.3, 0.4) is 0 Å². The van der Waals surface area contributed by atoms with Gasteiger partial charge in [-0.15, -0.1) is 0 Å². The molecule has 2 heteroatoms. The molecule has 0 radical (unpaired) electrons. The average Bonchev–Trinajstić information content (AvgIpc) is 2.39. The van der Waals surface area contributed by atoms with Gasteiger partial charge in [0, 0.05) is 6.04 Å². The zero-order chi connectivity index (χ0) is 14.4. The van der Waals surface area contributed by atoms with Gasteiger partial charge < -0.3 is 5.32 Å². The van der Waals surface area contributed by atoms with Crippen LogP contribution in [-0.2, 0) is 0 Å². The topological polar surface area (TPSA) is 12.0 Å². The molecule has 2 unspecified atom stereocenters. The lowest BCUT2D eigenvalue weighted by atomic mass is 9.92. The van der Waals surface area contributed by atoms with Crippen molar-refractivity contribution in [3.8, 4) is 0 Å². The molecule has 0 amide bonds. The Morgan fingerprint density at radius 1 is 1.16 bits per heavy atom. The summed E-state index contributed by atoms with van der Waals surface area (Å²) < 4.78 is 13.7. The first-order chi connectivity index (χ1) is 8.99. The molecule has 1 aromatic carbocycles. The molecule has 1 rings (SSSR count). The van der Waals surface area contributed by atoms with Crippen molar-refractivity contribution in [2.24, 2.45) is 5.92 Å². The third-order valence-electron chi connectivity index (χ3n) is 3.84. The number of halogens is 1. The van der Waals surface area contributed by atoms with Gasteiger partial charge in [0.05, 0.1) is 0 Å². The summed E-state index contributed by atoms with van der Waals surface area (Å²) in [5.74, 6) is 0.613. The second-order valence-corrected chi connectivity index (χ2v) is 5.72. The maximum absolute atomic E-state index is 13.7. The van der Waals surface area contributed by atoms with E-state index in [0.29, 0.717) is 12.0 Å². The van der Waals surface area contributed by atoms with Crippen molar-refractivity contribution in [1.29, 1.82) is 0 Å². The highest BCUT2D eigenvalue weighted by atomic mass is 19.1. The Morgan fingerprint density at radius 3 is 2.21 bits per heavy atom. The highest BCUT2D eigenvalue weighted by Crippen LogP contribution is 2.26. The van der Waals surface area contributed by atoms with E-state index in [0.717, 1.165) is 30.5 Å². The van der Waals surface area contributed by atoms with Crippen LogP contribution in [0.5, 0.6) is 0 Å². The zero-order valence-corrected chi connectivity index (χ0v) is 13.0. The molecule has 108 valence electrons. The minimum Gasteiger partial charge on any atom is -0.310 e. The summed E-state index contributed by atoms with van der Waals surface area (Å²) in [6.07, 6.45) is 3.42. The summed E-state index contributed by atoms with van der Waals surface area (Å²) in [5, 5.41) is 3.60. The fourth-order valence-corrected chi connectivity index (χ4v) is 2.41. The Bertz CT molecular complexity index is 377. The second-order valence-electron chi connectivity index (χ2n) is 5.72. The van der Waals surface area contributed by atoms with Crippen LogP contribution in [0.25, 0.3) is 0 Å². The van der Waals surface area contributed by atoms with E-state index in [1.807, 2.05) is 26.0 Å². The highest BCUT2D eigenvalue weighted by Gasteiger charge is 2.16. The molecule has 0 bridgehead atoms. The highest BCUT2D eigenvalue weighted by molar-refractivity contribution is 5.32. The molecule has 0 saturated heterocycles. The Labute approximate surface area is 117 Å². The van der Waals surface area contributed by atoms with Crippen LogP contribution in [0.2, 0.25) is 0 Å². The largest absolute Gasteiger partial charge is 0.310 e. The number of hydrogen-bond acceptors (Lipinski definition) is 1. The summed E-state index contributed by atoms with van der Waals surface area (Å²) >= 11 is 0. The van der Waals surface area contributed by atoms with Crippen LogP contribution >= 0.6 is 0 Å². The van der Waals surface area contributed by atoms with Crippen LogP contribution in [-0.4, -0.2) is 6.54 Å². The summed E-state index contributed by atoms with van der Waals surface area (Å²) in [6, 6.07) is 4.34. The van der Waals surface area contributed by atoms with Crippen LogP contribution in [0, 0.1) is 25.6 Å². The van der Waals surface area contributed by atoms with Gasteiger partial charge >= 0.3 is 0 Å². The standard InChI is InChI=1S/C17H28FN/c1-6-8-19-16(9-12(3)7-2)15-10-13(4)17(18)14(5)11-15/h10-12,16,19H,6-9H2,1-5H3. The van der Waals surface area contributed by atoms with Crippen molar-refractivity contribution in [3.63, 3.8) is 0 Å². The molecular weight excluding hydrogens is 237 g/mol. The fraction of sp³-hybridized carbons (Fsp3) is 0.647. The van der Waals surface area contributed by atoms with E-state index in [9.17, 15) is 4.39 Å². The molecule has 0 aromatic heterocycles. The monoisotopic (exact) mass is 265 g/mol. The molecule has 0 spiro atoms. The molecule has 0 fully saturated rings. The molecule has 1 N–H and O–H groups in total. The van der Waals surface area contributed by atoms with Crippen molar-refractivity contribution < 1.29 is 4.39 Å². The summed E-state index contributed by atoms with van der Waals surface area (Å²) in [4.78, 5) is 0. The maximum Gasteiger partial charge on any atom is 0.129 e. The van der Waals surface area contributed by atoms with Gasteiger partial charge in [-0.2, -0.15) is 0 Å². The Hall–Kier alpha value is -0.890. The molecule has 19 heavy (non-hydrogen) atoms. The van der Waals surface area contributed by atoms with E-state index >= 15 is 0 Å². The van der Waals surface area contributed by atoms with Crippen LogP contribution in [0.15, 0.2) is 12.1 Å². The van der Waals surface area contributed by atoms with E-state index in [1.165, 1.54) is 12.0 Å².